The number of benzene rings is 4. The molecule has 0 saturated heterocycles. The minimum atomic E-state index is -0.210. The average Bonchev–Trinajstić information content (AvgIpc) is 3.54. The number of thioether (sulfide) groups is 1. The van der Waals surface area contributed by atoms with Crippen LogP contribution in [0, 0.1) is 5.92 Å². The minimum absolute atomic E-state index is 0.210. The highest BCUT2D eigenvalue weighted by Crippen LogP contribution is 2.50. The van der Waals surface area contributed by atoms with E-state index >= 15 is 0 Å². The lowest BCUT2D eigenvalue weighted by atomic mass is 9.76. The zero-order valence-corrected chi connectivity index (χ0v) is 24.7. The van der Waals surface area contributed by atoms with Gasteiger partial charge in [-0.25, -0.2) is 5.43 Å². The Hall–Kier alpha value is -4.29. The van der Waals surface area contributed by atoms with Gasteiger partial charge in [0.25, 0.3) is 5.91 Å². The predicted molar refractivity (Wildman–Crippen MR) is 173 cm³/mol. The lowest BCUT2D eigenvalue weighted by molar-refractivity contribution is 0.0955. The molecule has 0 unspecified atom stereocenters. The lowest BCUT2D eigenvalue weighted by Gasteiger charge is -2.37. The molecule has 6 rings (SSSR count). The molecule has 1 aliphatic carbocycles. The van der Waals surface area contributed by atoms with Gasteiger partial charge in [-0.2, -0.15) is 16.9 Å². The molecule has 0 bridgehead atoms. The van der Waals surface area contributed by atoms with Crippen molar-refractivity contribution >= 4 is 29.1 Å². The number of carbonyl (C=O) groups is 1. The third-order valence-electron chi connectivity index (χ3n) is 8.18. The number of anilines is 1. The number of hydrogen-bond donors (Lipinski definition) is 2. The summed E-state index contributed by atoms with van der Waals surface area (Å²) >= 11 is 1.87. The number of amides is 1. The Bertz CT molecular complexity index is 1600. The molecule has 42 heavy (non-hydrogen) atoms. The topological polar surface area (TPSA) is 62.7 Å². The lowest BCUT2D eigenvalue weighted by Crippen LogP contribution is -2.29. The van der Waals surface area contributed by atoms with E-state index in [0.717, 1.165) is 40.6 Å². The minimum Gasteiger partial charge on any atom is -0.497 e. The van der Waals surface area contributed by atoms with Crippen LogP contribution in [0.25, 0.3) is 0 Å². The van der Waals surface area contributed by atoms with Crippen molar-refractivity contribution < 1.29 is 9.53 Å². The molecule has 0 radical (unpaired) electrons. The molecular weight excluding hydrogens is 538 g/mol. The van der Waals surface area contributed by atoms with E-state index in [1.165, 1.54) is 22.3 Å². The molecule has 0 spiro atoms. The zero-order chi connectivity index (χ0) is 28.9. The van der Waals surface area contributed by atoms with Crippen LogP contribution < -0.4 is 15.5 Å². The van der Waals surface area contributed by atoms with Crippen LogP contribution in [0.1, 0.15) is 63.5 Å². The molecular formula is C36H35N3O2S. The van der Waals surface area contributed by atoms with E-state index < -0.39 is 0 Å². The van der Waals surface area contributed by atoms with Crippen LogP contribution in [-0.2, 0) is 11.5 Å². The smallest absolute Gasteiger partial charge is 0.271 e. The summed E-state index contributed by atoms with van der Waals surface area (Å²) in [5.74, 6) is 3.31. The molecule has 1 heterocycles. The van der Waals surface area contributed by atoms with Crippen molar-refractivity contribution in [2.24, 2.45) is 11.0 Å². The summed E-state index contributed by atoms with van der Waals surface area (Å²) < 4.78 is 5.35. The van der Waals surface area contributed by atoms with Gasteiger partial charge in [-0.3, -0.25) is 4.79 Å². The number of rotatable bonds is 9. The second-order valence-electron chi connectivity index (χ2n) is 10.9. The van der Waals surface area contributed by atoms with Crippen molar-refractivity contribution in [1.29, 1.82) is 0 Å². The van der Waals surface area contributed by atoms with Gasteiger partial charge in [-0.05, 0) is 83.5 Å². The maximum absolute atomic E-state index is 12.8. The van der Waals surface area contributed by atoms with Crippen LogP contribution in [0.2, 0.25) is 0 Å². The molecule has 212 valence electrons. The molecule has 0 fully saturated rings. The van der Waals surface area contributed by atoms with Gasteiger partial charge in [0.2, 0.25) is 0 Å². The van der Waals surface area contributed by atoms with Crippen LogP contribution in [0.15, 0.2) is 114 Å². The Balaban J connectivity index is 1.09. The van der Waals surface area contributed by atoms with Crippen LogP contribution >= 0.6 is 11.8 Å². The van der Waals surface area contributed by atoms with E-state index in [0.29, 0.717) is 17.4 Å². The van der Waals surface area contributed by atoms with Gasteiger partial charge in [0.05, 0.1) is 18.9 Å². The Labute approximate surface area is 252 Å². The van der Waals surface area contributed by atoms with Crippen LogP contribution in [0.4, 0.5) is 5.69 Å². The van der Waals surface area contributed by atoms with Gasteiger partial charge in [0.15, 0.2) is 0 Å². The molecule has 5 nitrogen and oxygen atoms in total. The number of fused-ring (bicyclic) bond motifs is 3. The quantitative estimate of drug-likeness (QED) is 0.121. The van der Waals surface area contributed by atoms with E-state index in [4.69, 9.17) is 4.74 Å². The molecule has 6 heteroatoms. The van der Waals surface area contributed by atoms with E-state index in [9.17, 15) is 4.79 Å². The number of ether oxygens (including phenoxy) is 1. The summed E-state index contributed by atoms with van der Waals surface area (Å²) in [6, 6.07) is 33.3. The van der Waals surface area contributed by atoms with Crippen LogP contribution in [-0.4, -0.2) is 18.7 Å². The van der Waals surface area contributed by atoms with Crippen molar-refractivity contribution in [3.05, 3.63) is 143 Å². The Kier molecular flexibility index (Phi) is 8.42. The standard InChI is InChI=1S/C36H35N3O2S/c1-24(38-39-36(40)28-13-11-26(12-14-28)23-42-22-25-7-4-3-5-8-25)29-17-20-34-33(21-29)31-9-6-10-32(31)35(37-34)27-15-18-30(41-2)19-16-27/h3-9,11-21,31-32,35,37H,10,22-23H2,1-2H3,(H,39,40)/b38-24-/t31-,32+,35+/m1/s1. The van der Waals surface area contributed by atoms with Gasteiger partial charge in [0, 0.05) is 28.7 Å². The first kappa shape index (κ1) is 27.9. The van der Waals surface area contributed by atoms with Crippen molar-refractivity contribution in [2.75, 3.05) is 12.4 Å². The number of carbonyl (C=O) groups excluding carboxylic acids is 1. The van der Waals surface area contributed by atoms with Crippen molar-refractivity contribution in [1.82, 2.24) is 5.43 Å². The Morgan fingerprint density at radius 3 is 2.38 bits per heavy atom. The highest BCUT2D eigenvalue weighted by atomic mass is 32.2. The summed E-state index contributed by atoms with van der Waals surface area (Å²) in [6.45, 7) is 1.94. The highest BCUT2D eigenvalue weighted by Gasteiger charge is 2.38. The number of nitrogens with zero attached hydrogens (tertiary/aromatic N) is 1. The molecule has 1 aliphatic heterocycles. The molecule has 2 aliphatic rings. The predicted octanol–water partition coefficient (Wildman–Crippen LogP) is 8.11. The van der Waals surface area contributed by atoms with Gasteiger partial charge >= 0.3 is 0 Å². The fourth-order valence-corrected chi connectivity index (χ4v) is 6.80. The van der Waals surface area contributed by atoms with Gasteiger partial charge in [-0.1, -0.05) is 72.8 Å². The molecule has 3 atom stereocenters. The fraction of sp³-hybridized carbons (Fsp3) is 0.222. The number of hydrazone groups is 1. The first-order valence-corrected chi connectivity index (χ1v) is 15.5. The highest BCUT2D eigenvalue weighted by molar-refractivity contribution is 7.97. The molecule has 1 amide bonds. The summed E-state index contributed by atoms with van der Waals surface area (Å²) in [4.78, 5) is 12.8. The van der Waals surface area contributed by atoms with Crippen molar-refractivity contribution in [3.8, 4) is 5.75 Å². The third-order valence-corrected chi connectivity index (χ3v) is 9.25. The van der Waals surface area contributed by atoms with E-state index in [1.807, 2.05) is 61.2 Å². The normalized spacial score (nSPS) is 19.0. The Morgan fingerprint density at radius 2 is 1.64 bits per heavy atom. The molecule has 0 aromatic heterocycles. The second kappa shape index (κ2) is 12.7. The second-order valence-corrected chi connectivity index (χ2v) is 11.8. The van der Waals surface area contributed by atoms with Crippen molar-refractivity contribution in [3.63, 3.8) is 0 Å². The van der Waals surface area contributed by atoms with E-state index in [1.54, 1.807) is 7.11 Å². The van der Waals surface area contributed by atoms with E-state index in [2.05, 4.69) is 82.6 Å². The summed E-state index contributed by atoms with van der Waals surface area (Å²) in [5.41, 5.74) is 11.3. The SMILES string of the molecule is COc1ccc([C@@H]2Nc3ccc(/C(C)=N\NC(=O)c4ccc(CSCc5ccccc5)cc4)cc3[C@@H]3C=CC[C@@H]32)cc1. The largest absolute Gasteiger partial charge is 0.497 e. The molecule has 4 aromatic rings. The molecule has 2 N–H and O–H groups in total. The number of nitrogens with one attached hydrogen (secondary N) is 2. The average molecular weight is 574 g/mol. The summed E-state index contributed by atoms with van der Waals surface area (Å²) in [7, 11) is 1.70. The molecule has 0 saturated carbocycles. The number of allylic oxidation sites excluding steroid dienone is 2. The summed E-state index contributed by atoms with van der Waals surface area (Å²) in [5, 5.41) is 8.25. The van der Waals surface area contributed by atoms with Gasteiger partial charge in [-0.15, -0.1) is 0 Å². The van der Waals surface area contributed by atoms with Gasteiger partial charge in [0.1, 0.15) is 5.75 Å². The molecule has 4 aromatic carbocycles. The fourth-order valence-electron chi connectivity index (χ4n) is 5.84. The number of methoxy groups -OCH3 is 1. The third kappa shape index (κ3) is 6.14. The van der Waals surface area contributed by atoms with Crippen LogP contribution in [0.5, 0.6) is 5.75 Å². The maximum Gasteiger partial charge on any atom is 0.271 e. The first-order chi connectivity index (χ1) is 20.6. The maximum atomic E-state index is 12.8. The monoisotopic (exact) mass is 573 g/mol. The summed E-state index contributed by atoms with van der Waals surface area (Å²) in [6.07, 6.45) is 5.66. The Morgan fingerprint density at radius 1 is 0.929 bits per heavy atom. The van der Waals surface area contributed by atoms with Crippen LogP contribution in [0.3, 0.4) is 0 Å². The first-order valence-electron chi connectivity index (χ1n) is 14.4. The van der Waals surface area contributed by atoms with Gasteiger partial charge < -0.3 is 10.1 Å². The van der Waals surface area contributed by atoms with Crippen molar-refractivity contribution in [2.45, 2.75) is 36.8 Å². The number of hydrogen-bond acceptors (Lipinski definition) is 5. The van der Waals surface area contributed by atoms with E-state index in [-0.39, 0.29) is 11.9 Å². The zero-order valence-electron chi connectivity index (χ0n) is 23.9.